The van der Waals surface area contributed by atoms with Gasteiger partial charge >= 0.3 is 0 Å². The first-order valence-electron chi connectivity index (χ1n) is 21.4. The summed E-state index contributed by atoms with van der Waals surface area (Å²) in [5.74, 6) is -1.04. The fourth-order valence-corrected chi connectivity index (χ4v) is 8.25. The molecule has 0 aromatic rings. The van der Waals surface area contributed by atoms with E-state index in [1.807, 2.05) is 58.1 Å². The van der Waals surface area contributed by atoms with Crippen LogP contribution < -0.4 is 21.7 Å². The Hall–Kier alpha value is -3.83. The van der Waals surface area contributed by atoms with E-state index >= 15 is 0 Å². The van der Waals surface area contributed by atoms with Crippen LogP contribution in [0, 0.1) is 23.7 Å². The van der Waals surface area contributed by atoms with E-state index in [9.17, 15) is 29.1 Å². The first kappa shape index (κ1) is 49.3. The van der Waals surface area contributed by atoms with Gasteiger partial charge in [0.15, 0.2) is 5.78 Å². The number of carbonyl (C=O) groups excluding carboxylic acids is 5. The lowest BCUT2D eigenvalue weighted by atomic mass is 9.69. The molecule has 2 aliphatic rings. The van der Waals surface area contributed by atoms with Crippen molar-refractivity contribution in [3.05, 3.63) is 59.8 Å². The predicted molar refractivity (Wildman–Crippen MR) is 230 cm³/mol. The minimum Gasteiger partial charge on any atom is -0.393 e. The third-order valence-corrected chi connectivity index (χ3v) is 11.5. The second kappa shape index (κ2) is 25.5. The topological polar surface area (TPSA) is 171 Å². The minimum absolute atomic E-state index is 0.132. The van der Waals surface area contributed by atoms with Gasteiger partial charge < -0.3 is 31.7 Å². The van der Waals surface area contributed by atoms with Gasteiger partial charge in [0, 0.05) is 12.5 Å². The quantitative estimate of drug-likeness (QED) is 0.0591. The van der Waals surface area contributed by atoms with E-state index in [1.165, 1.54) is 0 Å². The van der Waals surface area contributed by atoms with E-state index in [0.29, 0.717) is 44.1 Å². The summed E-state index contributed by atoms with van der Waals surface area (Å²) in [5.41, 5.74) is 8.49. The van der Waals surface area contributed by atoms with Gasteiger partial charge in [0.2, 0.25) is 23.6 Å². The number of aliphatic hydroxyl groups excluding tert-OH is 1. The molecule has 1 aliphatic carbocycles. The standard InChI is InChI=1S/C46H75N5O6/c1-10-14-18-35(17-12-3)28-38(42(53)29-47)48-44(55)39(27-34(13-4)16-11-2)49-45(56)41-19-15-24-51(41)46(57)40(26-32(8)20-22-33(9)52)50-43(54)37-25-31(7)21-23-36(37)30(5)6/h10,12-13,17-18,20,30-31,33,36-41,52H,1,11,14-16,19,21-29,47H2,2-9H3,(H,48,55)(H,49,56)(H,50,54)/b17-12-,32-20+,34-13+,35-18+/t31-,33?,36+,37-,38?,39?,40?,41?/m1/s1. The molecular formula is C46H75N5O6. The number of amides is 4. The Kier molecular flexibility index (Phi) is 22.1. The summed E-state index contributed by atoms with van der Waals surface area (Å²) < 4.78 is 0. The summed E-state index contributed by atoms with van der Waals surface area (Å²) in [4.78, 5) is 71.6. The smallest absolute Gasteiger partial charge is 0.246 e. The number of rotatable bonds is 23. The van der Waals surface area contributed by atoms with Crippen molar-refractivity contribution in [2.75, 3.05) is 13.1 Å². The average Bonchev–Trinajstić information content (AvgIpc) is 3.67. The number of nitrogens with zero attached hydrogens (tertiary/aromatic N) is 1. The number of nitrogens with two attached hydrogens (primary N) is 1. The number of carbonyl (C=O) groups is 5. The molecule has 0 bridgehead atoms. The molecule has 1 saturated carbocycles. The number of allylic oxidation sites excluding steroid dienone is 5. The summed E-state index contributed by atoms with van der Waals surface area (Å²) in [6.45, 7) is 19.7. The monoisotopic (exact) mass is 794 g/mol. The number of Topliss-reactive ketones (excluding diaryl/α,β-unsaturated/α-hetero) is 1. The van der Waals surface area contributed by atoms with Gasteiger partial charge in [-0.15, -0.1) is 6.58 Å². The van der Waals surface area contributed by atoms with Gasteiger partial charge in [-0.25, -0.2) is 0 Å². The molecule has 1 saturated heterocycles. The molecule has 4 amide bonds. The summed E-state index contributed by atoms with van der Waals surface area (Å²) in [6, 6.07) is -3.67. The Morgan fingerprint density at radius 3 is 2.23 bits per heavy atom. The van der Waals surface area contributed by atoms with E-state index in [2.05, 4.69) is 43.3 Å². The van der Waals surface area contributed by atoms with Crippen LogP contribution in [0.1, 0.15) is 132 Å². The summed E-state index contributed by atoms with van der Waals surface area (Å²) in [7, 11) is 0. The molecule has 57 heavy (non-hydrogen) atoms. The molecule has 1 aliphatic heterocycles. The van der Waals surface area contributed by atoms with Gasteiger partial charge in [-0.3, -0.25) is 24.0 Å². The van der Waals surface area contributed by atoms with Crippen molar-refractivity contribution >= 4 is 29.4 Å². The highest BCUT2D eigenvalue weighted by molar-refractivity contribution is 5.96. The highest BCUT2D eigenvalue weighted by Crippen LogP contribution is 2.38. The molecule has 0 spiro atoms. The van der Waals surface area contributed by atoms with Crippen molar-refractivity contribution < 1.29 is 29.1 Å². The summed E-state index contributed by atoms with van der Waals surface area (Å²) in [6.07, 6.45) is 17.8. The van der Waals surface area contributed by atoms with Crippen LogP contribution in [0.4, 0.5) is 0 Å². The lowest BCUT2D eigenvalue weighted by molar-refractivity contribution is -0.143. The van der Waals surface area contributed by atoms with E-state index in [0.717, 1.165) is 48.8 Å². The minimum atomic E-state index is -1.01. The number of aliphatic hydroxyl groups is 1. The van der Waals surface area contributed by atoms with Crippen LogP contribution in [0.5, 0.6) is 0 Å². The fraction of sp³-hybridized carbons (Fsp3) is 0.674. The molecule has 0 radical (unpaired) electrons. The normalized spacial score (nSPS) is 22.9. The van der Waals surface area contributed by atoms with Gasteiger partial charge in [0.1, 0.15) is 18.1 Å². The zero-order chi connectivity index (χ0) is 42.7. The first-order chi connectivity index (χ1) is 27.1. The van der Waals surface area contributed by atoms with E-state index in [-0.39, 0.29) is 55.2 Å². The van der Waals surface area contributed by atoms with Crippen LogP contribution in [-0.4, -0.2) is 82.8 Å². The van der Waals surface area contributed by atoms with Crippen molar-refractivity contribution in [2.24, 2.45) is 29.4 Å². The molecule has 6 N–H and O–H groups in total. The molecule has 320 valence electrons. The molecule has 8 atom stereocenters. The number of nitrogens with one attached hydrogen (secondary N) is 3. The predicted octanol–water partition coefficient (Wildman–Crippen LogP) is 6.38. The Labute approximate surface area is 343 Å². The van der Waals surface area contributed by atoms with Gasteiger partial charge in [0.05, 0.1) is 18.7 Å². The van der Waals surface area contributed by atoms with Crippen LogP contribution >= 0.6 is 0 Å². The van der Waals surface area contributed by atoms with E-state index < -0.39 is 42.1 Å². The number of likely N-dealkylation sites (tertiary alicyclic amines) is 1. The number of hydrogen-bond acceptors (Lipinski definition) is 7. The Balaban J connectivity index is 2.43. The van der Waals surface area contributed by atoms with Gasteiger partial charge in [-0.05, 0) is 115 Å². The molecular weight excluding hydrogens is 719 g/mol. The fourth-order valence-electron chi connectivity index (χ4n) is 8.25. The molecule has 0 aromatic heterocycles. The molecule has 5 unspecified atom stereocenters. The maximum absolute atomic E-state index is 14.5. The van der Waals surface area contributed by atoms with E-state index in [4.69, 9.17) is 5.73 Å². The highest BCUT2D eigenvalue weighted by Gasteiger charge is 2.41. The Morgan fingerprint density at radius 2 is 1.63 bits per heavy atom. The Bertz CT molecular complexity index is 1480. The van der Waals surface area contributed by atoms with Crippen molar-refractivity contribution in [1.82, 2.24) is 20.9 Å². The highest BCUT2D eigenvalue weighted by atomic mass is 16.3. The first-order valence-corrected chi connectivity index (χ1v) is 21.4. The molecule has 1 heterocycles. The Morgan fingerprint density at radius 1 is 0.930 bits per heavy atom. The van der Waals surface area contributed by atoms with Gasteiger partial charge in [-0.1, -0.05) is 88.1 Å². The lowest BCUT2D eigenvalue weighted by Gasteiger charge is -2.37. The van der Waals surface area contributed by atoms with Crippen LogP contribution in [0.3, 0.4) is 0 Å². The summed E-state index contributed by atoms with van der Waals surface area (Å²) >= 11 is 0. The molecule has 11 heteroatoms. The van der Waals surface area contributed by atoms with Gasteiger partial charge in [0.25, 0.3) is 0 Å². The van der Waals surface area contributed by atoms with Crippen LogP contribution in [0.2, 0.25) is 0 Å². The van der Waals surface area contributed by atoms with Crippen molar-refractivity contribution in [3.8, 4) is 0 Å². The lowest BCUT2D eigenvalue weighted by Crippen LogP contribution is -2.58. The molecule has 2 rings (SSSR count). The largest absolute Gasteiger partial charge is 0.393 e. The maximum Gasteiger partial charge on any atom is 0.246 e. The second-order valence-electron chi connectivity index (χ2n) is 16.7. The van der Waals surface area contributed by atoms with Crippen LogP contribution in [0.15, 0.2) is 59.8 Å². The molecule has 11 nitrogen and oxygen atoms in total. The van der Waals surface area contributed by atoms with Crippen LogP contribution in [0.25, 0.3) is 0 Å². The zero-order valence-electron chi connectivity index (χ0n) is 36.3. The number of hydrogen-bond donors (Lipinski definition) is 5. The zero-order valence-corrected chi connectivity index (χ0v) is 36.3. The second-order valence-corrected chi connectivity index (χ2v) is 16.7. The van der Waals surface area contributed by atoms with Crippen molar-refractivity contribution in [2.45, 2.75) is 163 Å². The van der Waals surface area contributed by atoms with Gasteiger partial charge in [-0.2, -0.15) is 0 Å². The van der Waals surface area contributed by atoms with Crippen molar-refractivity contribution in [3.63, 3.8) is 0 Å². The number of ketones is 1. The van der Waals surface area contributed by atoms with E-state index in [1.54, 1.807) is 17.9 Å². The SMILES string of the molecule is C=CC/C=C(\C=C/C)CC(NC(=O)C(C/C(=C/C)CCC)NC(=O)C1CCCN1C(=O)C(C/C(C)=C/CC(C)O)NC(=O)[C@@H]1C[C@H](C)CC[C@H]1C(C)C)C(=O)CN. The summed E-state index contributed by atoms with van der Waals surface area (Å²) in [5, 5.41) is 18.9. The molecule has 0 aromatic carbocycles. The third kappa shape index (κ3) is 16.2. The van der Waals surface area contributed by atoms with Crippen molar-refractivity contribution in [1.29, 1.82) is 0 Å². The average molecular weight is 794 g/mol. The molecule has 2 fully saturated rings. The maximum atomic E-state index is 14.5. The third-order valence-electron chi connectivity index (χ3n) is 11.5. The van der Waals surface area contributed by atoms with Crippen LogP contribution in [-0.2, 0) is 24.0 Å².